The van der Waals surface area contributed by atoms with E-state index in [0.29, 0.717) is 23.0 Å². The molecule has 0 aliphatic heterocycles. The minimum absolute atomic E-state index is 0.252. The summed E-state index contributed by atoms with van der Waals surface area (Å²) in [7, 11) is 0. The van der Waals surface area contributed by atoms with Crippen molar-refractivity contribution in [2.75, 3.05) is 5.32 Å². The van der Waals surface area contributed by atoms with Gasteiger partial charge in [0.2, 0.25) is 0 Å². The summed E-state index contributed by atoms with van der Waals surface area (Å²) in [6.45, 7) is 0.714. The molecule has 2 heterocycles. The number of rotatable bonds is 7. The van der Waals surface area contributed by atoms with Crippen molar-refractivity contribution in [1.82, 2.24) is 14.8 Å². The molecule has 31 heavy (non-hydrogen) atoms. The Kier molecular flexibility index (Phi) is 6.24. The number of aromatic nitrogens is 3. The van der Waals surface area contributed by atoms with Crippen molar-refractivity contribution in [2.24, 2.45) is 0 Å². The van der Waals surface area contributed by atoms with Crippen molar-refractivity contribution in [2.45, 2.75) is 13.2 Å². The third-order valence-corrected chi connectivity index (χ3v) is 4.75. The summed E-state index contributed by atoms with van der Waals surface area (Å²) in [4.78, 5) is 16.7. The van der Waals surface area contributed by atoms with Gasteiger partial charge in [0.25, 0.3) is 5.91 Å². The fraction of sp³-hybridized carbons (Fsp3) is 0.0870. The molecule has 8 heteroatoms. The van der Waals surface area contributed by atoms with Crippen LogP contribution in [0.3, 0.4) is 0 Å². The average Bonchev–Trinajstić information content (AvgIpc) is 3.21. The molecule has 0 unspecified atom stereocenters. The first-order chi connectivity index (χ1) is 15.1. The topological polar surface area (TPSA) is 69.0 Å². The van der Waals surface area contributed by atoms with E-state index in [9.17, 15) is 9.18 Å². The van der Waals surface area contributed by atoms with E-state index in [2.05, 4.69) is 15.4 Å². The summed E-state index contributed by atoms with van der Waals surface area (Å²) in [6.07, 6.45) is 4.80. The lowest BCUT2D eigenvalue weighted by Crippen LogP contribution is -2.14. The van der Waals surface area contributed by atoms with Crippen LogP contribution in [0.1, 0.15) is 21.6 Å². The van der Waals surface area contributed by atoms with E-state index < -0.39 is 0 Å². The number of carbonyl (C=O) groups is 1. The fourth-order valence-electron chi connectivity index (χ4n) is 2.90. The standard InChI is InChI=1S/C23H18ClFN4O2/c24-20-3-1-2-4-22(20)31-15-17-9-10-26-21(11-17)23(30)28-19-12-27-29(14-19)13-16-5-7-18(25)8-6-16/h1-12,14H,13,15H2,(H,28,30). The molecular weight excluding hydrogens is 419 g/mol. The molecule has 6 nitrogen and oxygen atoms in total. The molecule has 4 aromatic rings. The molecule has 0 radical (unpaired) electrons. The van der Waals surface area contributed by atoms with Crippen LogP contribution in [0.4, 0.5) is 10.1 Å². The Balaban J connectivity index is 1.37. The van der Waals surface area contributed by atoms with Gasteiger partial charge in [0.1, 0.15) is 23.9 Å². The lowest BCUT2D eigenvalue weighted by Gasteiger charge is -2.09. The van der Waals surface area contributed by atoms with E-state index in [1.807, 2.05) is 12.1 Å². The molecular formula is C23H18ClFN4O2. The molecule has 2 aromatic heterocycles. The maximum Gasteiger partial charge on any atom is 0.274 e. The molecule has 1 amide bonds. The molecule has 1 N–H and O–H groups in total. The Hall–Kier alpha value is -3.71. The van der Waals surface area contributed by atoms with Gasteiger partial charge in [-0.3, -0.25) is 14.5 Å². The lowest BCUT2D eigenvalue weighted by molar-refractivity contribution is 0.102. The van der Waals surface area contributed by atoms with Crippen LogP contribution in [0.2, 0.25) is 5.02 Å². The third-order valence-electron chi connectivity index (χ3n) is 4.44. The van der Waals surface area contributed by atoms with Gasteiger partial charge in [-0.1, -0.05) is 35.9 Å². The zero-order valence-corrected chi connectivity index (χ0v) is 17.1. The van der Waals surface area contributed by atoms with Crippen molar-refractivity contribution < 1.29 is 13.9 Å². The quantitative estimate of drug-likeness (QED) is 0.445. The molecule has 0 saturated carbocycles. The highest BCUT2D eigenvalue weighted by Crippen LogP contribution is 2.24. The minimum atomic E-state index is -0.360. The average molecular weight is 437 g/mol. The molecule has 0 saturated heterocycles. The number of carbonyl (C=O) groups excluding carboxylic acids is 1. The van der Waals surface area contributed by atoms with Crippen LogP contribution in [0.5, 0.6) is 5.75 Å². The second-order valence-electron chi connectivity index (χ2n) is 6.78. The van der Waals surface area contributed by atoms with Crippen molar-refractivity contribution in [3.8, 4) is 5.75 Å². The molecule has 0 bridgehead atoms. The summed E-state index contributed by atoms with van der Waals surface area (Å²) in [6, 6.07) is 16.8. The summed E-state index contributed by atoms with van der Waals surface area (Å²) in [5.74, 6) is -0.0781. The van der Waals surface area contributed by atoms with Crippen LogP contribution >= 0.6 is 11.6 Å². The van der Waals surface area contributed by atoms with Gasteiger partial charge in [-0.15, -0.1) is 0 Å². The summed E-state index contributed by atoms with van der Waals surface area (Å²) >= 11 is 6.10. The smallest absolute Gasteiger partial charge is 0.274 e. The van der Waals surface area contributed by atoms with E-state index in [-0.39, 0.29) is 24.0 Å². The number of amides is 1. The van der Waals surface area contributed by atoms with Crippen LogP contribution < -0.4 is 10.1 Å². The van der Waals surface area contributed by atoms with E-state index in [1.54, 1.807) is 59.7 Å². The van der Waals surface area contributed by atoms with Crippen molar-refractivity contribution in [3.63, 3.8) is 0 Å². The Labute approximate surface area is 183 Å². The second-order valence-corrected chi connectivity index (χ2v) is 7.18. The van der Waals surface area contributed by atoms with Gasteiger partial charge in [-0.05, 0) is 47.5 Å². The number of benzene rings is 2. The first-order valence-electron chi connectivity index (χ1n) is 9.47. The van der Waals surface area contributed by atoms with Crippen LogP contribution in [0.15, 0.2) is 79.3 Å². The minimum Gasteiger partial charge on any atom is -0.487 e. The van der Waals surface area contributed by atoms with Gasteiger partial charge in [0.05, 0.1) is 23.5 Å². The van der Waals surface area contributed by atoms with Gasteiger partial charge >= 0.3 is 0 Å². The van der Waals surface area contributed by atoms with E-state index in [4.69, 9.17) is 16.3 Å². The van der Waals surface area contributed by atoms with Crippen molar-refractivity contribution in [1.29, 1.82) is 0 Å². The van der Waals surface area contributed by atoms with Crippen LogP contribution in [0, 0.1) is 5.82 Å². The van der Waals surface area contributed by atoms with Gasteiger partial charge in [0.15, 0.2) is 0 Å². The fourth-order valence-corrected chi connectivity index (χ4v) is 3.09. The Morgan fingerprint density at radius 1 is 1.10 bits per heavy atom. The largest absolute Gasteiger partial charge is 0.487 e. The maximum absolute atomic E-state index is 13.0. The predicted molar refractivity (Wildman–Crippen MR) is 116 cm³/mol. The second kappa shape index (κ2) is 9.40. The number of ether oxygens (including phenoxy) is 1. The zero-order chi connectivity index (χ0) is 21.6. The third kappa shape index (κ3) is 5.46. The number of nitrogens with one attached hydrogen (secondary N) is 1. The Morgan fingerprint density at radius 3 is 2.71 bits per heavy atom. The molecule has 0 aliphatic rings. The highest BCUT2D eigenvalue weighted by Gasteiger charge is 2.11. The van der Waals surface area contributed by atoms with Crippen molar-refractivity contribution in [3.05, 3.63) is 107 Å². The SMILES string of the molecule is O=C(Nc1cnn(Cc2ccc(F)cc2)c1)c1cc(COc2ccccc2Cl)ccn1. The van der Waals surface area contributed by atoms with Crippen LogP contribution in [-0.4, -0.2) is 20.7 Å². The zero-order valence-electron chi connectivity index (χ0n) is 16.3. The maximum atomic E-state index is 13.0. The van der Waals surface area contributed by atoms with Gasteiger partial charge < -0.3 is 10.1 Å². The number of para-hydroxylation sites is 1. The molecule has 4 rings (SSSR count). The molecule has 2 aromatic carbocycles. The number of halogens is 2. The van der Waals surface area contributed by atoms with Gasteiger partial charge in [-0.25, -0.2) is 4.39 Å². The molecule has 0 spiro atoms. The highest BCUT2D eigenvalue weighted by atomic mass is 35.5. The normalized spacial score (nSPS) is 10.6. The Bertz CT molecular complexity index is 1190. The van der Waals surface area contributed by atoms with E-state index in [0.717, 1.165) is 11.1 Å². The number of pyridine rings is 1. The highest BCUT2D eigenvalue weighted by molar-refractivity contribution is 6.32. The van der Waals surface area contributed by atoms with Crippen LogP contribution in [-0.2, 0) is 13.2 Å². The molecule has 0 fully saturated rings. The predicted octanol–water partition coefficient (Wildman–Crippen LogP) is 4.95. The number of hydrogen-bond acceptors (Lipinski definition) is 4. The van der Waals surface area contributed by atoms with E-state index in [1.165, 1.54) is 12.1 Å². The number of nitrogens with zero attached hydrogens (tertiary/aromatic N) is 3. The summed E-state index contributed by atoms with van der Waals surface area (Å²) in [5.41, 5.74) is 2.47. The number of anilines is 1. The molecule has 0 atom stereocenters. The summed E-state index contributed by atoms with van der Waals surface area (Å²) < 4.78 is 20.4. The Morgan fingerprint density at radius 2 is 1.90 bits per heavy atom. The molecule has 156 valence electrons. The summed E-state index contributed by atoms with van der Waals surface area (Å²) in [5, 5.41) is 7.52. The van der Waals surface area contributed by atoms with Gasteiger partial charge in [-0.2, -0.15) is 5.10 Å². The lowest BCUT2D eigenvalue weighted by atomic mass is 10.2. The van der Waals surface area contributed by atoms with Gasteiger partial charge in [0, 0.05) is 12.4 Å². The first-order valence-corrected chi connectivity index (χ1v) is 9.85. The van der Waals surface area contributed by atoms with Crippen LogP contribution in [0.25, 0.3) is 0 Å². The first kappa shape index (κ1) is 20.6. The number of hydrogen-bond donors (Lipinski definition) is 1. The van der Waals surface area contributed by atoms with Crippen molar-refractivity contribution >= 4 is 23.2 Å². The molecule has 0 aliphatic carbocycles. The van der Waals surface area contributed by atoms with E-state index >= 15 is 0 Å². The monoisotopic (exact) mass is 436 g/mol.